The number of carboxylic acids is 1. The minimum absolute atomic E-state index is 0.0380. The maximum atomic E-state index is 11.1. The fraction of sp³-hybridized carbons (Fsp3) is 0.185. The third-order valence-electron chi connectivity index (χ3n) is 6.01. The molecule has 0 aromatic heterocycles. The summed E-state index contributed by atoms with van der Waals surface area (Å²) in [6.07, 6.45) is 3.27. The summed E-state index contributed by atoms with van der Waals surface area (Å²) in [5.41, 5.74) is 13.7. The molecule has 0 aliphatic heterocycles. The normalized spacial score (nSPS) is 14.3. The average Bonchev–Trinajstić information content (AvgIpc) is 2.79. The second-order valence-corrected chi connectivity index (χ2v) is 9.11. The van der Waals surface area contributed by atoms with Gasteiger partial charge in [-0.05, 0) is 70.0 Å². The molecule has 32 heavy (non-hydrogen) atoms. The first-order valence-corrected chi connectivity index (χ1v) is 11.0. The van der Waals surface area contributed by atoms with Crippen LogP contribution in [0.2, 0.25) is 0 Å². The van der Waals surface area contributed by atoms with Crippen LogP contribution in [0, 0.1) is 0 Å². The molecular formula is C27H26N2O2S. The van der Waals surface area contributed by atoms with Crippen molar-refractivity contribution < 1.29 is 9.90 Å². The number of carbonyl (C=O) groups is 1. The van der Waals surface area contributed by atoms with Crippen LogP contribution in [0.4, 0.5) is 5.69 Å². The number of fused-ring (bicyclic) bond motifs is 1. The zero-order valence-corrected chi connectivity index (χ0v) is 19.0. The van der Waals surface area contributed by atoms with Crippen molar-refractivity contribution in [1.29, 1.82) is 0 Å². The van der Waals surface area contributed by atoms with Crippen LogP contribution in [0.15, 0.2) is 72.8 Å². The third-order valence-corrected chi connectivity index (χ3v) is 6.35. The summed E-state index contributed by atoms with van der Waals surface area (Å²) in [7, 11) is 0. The maximum absolute atomic E-state index is 11.1. The SMILES string of the molecule is CC1(C)CC=C(c2ccc(CN)cc2)c2cc(C(=S)Nc3ccc(C(=O)O)cc3)ccc21. The molecule has 162 valence electrons. The number of anilines is 1. The molecule has 0 spiro atoms. The predicted molar refractivity (Wildman–Crippen MR) is 134 cm³/mol. The molecule has 0 bridgehead atoms. The topological polar surface area (TPSA) is 75.3 Å². The predicted octanol–water partition coefficient (Wildman–Crippen LogP) is 5.74. The molecule has 0 fully saturated rings. The Hall–Kier alpha value is -3.28. The first-order valence-electron chi connectivity index (χ1n) is 10.6. The zero-order valence-electron chi connectivity index (χ0n) is 18.2. The van der Waals surface area contributed by atoms with Crippen molar-refractivity contribution in [3.05, 3.63) is 106 Å². The van der Waals surface area contributed by atoms with Gasteiger partial charge in [0.15, 0.2) is 0 Å². The van der Waals surface area contributed by atoms with Gasteiger partial charge in [0.05, 0.1) is 5.56 Å². The van der Waals surface area contributed by atoms with Crippen LogP contribution in [0.5, 0.6) is 0 Å². The molecule has 5 heteroatoms. The summed E-state index contributed by atoms with van der Waals surface area (Å²) in [6.45, 7) is 5.05. The van der Waals surface area contributed by atoms with Crippen LogP contribution in [0.25, 0.3) is 5.57 Å². The van der Waals surface area contributed by atoms with Crippen LogP contribution in [0.3, 0.4) is 0 Å². The van der Waals surface area contributed by atoms with E-state index >= 15 is 0 Å². The lowest BCUT2D eigenvalue weighted by molar-refractivity contribution is 0.0697. The molecule has 0 radical (unpaired) electrons. The Morgan fingerprint density at radius 2 is 1.69 bits per heavy atom. The lowest BCUT2D eigenvalue weighted by atomic mass is 9.72. The average molecular weight is 443 g/mol. The summed E-state index contributed by atoms with van der Waals surface area (Å²) in [6, 6.07) is 21.4. The van der Waals surface area contributed by atoms with Gasteiger partial charge >= 0.3 is 5.97 Å². The smallest absolute Gasteiger partial charge is 0.335 e. The molecule has 3 aromatic rings. The van der Waals surface area contributed by atoms with E-state index in [9.17, 15) is 4.79 Å². The van der Waals surface area contributed by atoms with Gasteiger partial charge < -0.3 is 16.2 Å². The molecule has 1 aliphatic rings. The van der Waals surface area contributed by atoms with E-state index in [1.54, 1.807) is 24.3 Å². The Morgan fingerprint density at radius 3 is 2.31 bits per heavy atom. The van der Waals surface area contributed by atoms with Crippen LogP contribution in [-0.2, 0) is 12.0 Å². The number of nitrogens with two attached hydrogens (primary N) is 1. The second kappa shape index (κ2) is 8.69. The number of aromatic carboxylic acids is 1. The van der Waals surface area contributed by atoms with E-state index in [0.29, 0.717) is 11.5 Å². The highest BCUT2D eigenvalue weighted by atomic mass is 32.1. The first-order chi connectivity index (χ1) is 15.3. The standard InChI is InChI=1S/C27H26N2O2S/c1-27(2)14-13-22(18-5-3-17(16-28)4-6-18)23-15-20(9-12-24(23)27)25(32)29-21-10-7-19(8-11-21)26(30)31/h3-13,15H,14,16,28H2,1-2H3,(H,29,32)(H,30,31). The van der Waals surface area contributed by atoms with Gasteiger partial charge in [0, 0.05) is 17.8 Å². The Labute approximate surface area is 193 Å². The molecule has 4 nitrogen and oxygen atoms in total. The van der Waals surface area contributed by atoms with E-state index < -0.39 is 5.97 Å². The number of rotatable bonds is 5. The number of allylic oxidation sites excluding steroid dienone is 1. The van der Waals surface area contributed by atoms with Crippen molar-refractivity contribution in [3.8, 4) is 0 Å². The highest BCUT2D eigenvalue weighted by Crippen LogP contribution is 2.41. The van der Waals surface area contributed by atoms with Crippen LogP contribution >= 0.6 is 12.2 Å². The third kappa shape index (κ3) is 4.35. The van der Waals surface area contributed by atoms with E-state index in [0.717, 1.165) is 23.2 Å². The summed E-state index contributed by atoms with van der Waals surface area (Å²) < 4.78 is 0. The van der Waals surface area contributed by atoms with Crippen molar-refractivity contribution in [2.75, 3.05) is 5.32 Å². The Bertz CT molecular complexity index is 1210. The molecule has 4 N–H and O–H groups in total. The molecule has 0 atom stereocenters. The molecule has 3 aromatic carbocycles. The van der Waals surface area contributed by atoms with Crippen LogP contribution in [-0.4, -0.2) is 16.1 Å². The molecule has 0 saturated heterocycles. The van der Waals surface area contributed by atoms with E-state index in [1.807, 2.05) is 0 Å². The van der Waals surface area contributed by atoms with Crippen molar-refractivity contribution in [2.24, 2.45) is 5.73 Å². The number of thiocarbonyl (C=S) groups is 1. The van der Waals surface area contributed by atoms with Gasteiger partial charge in [0.2, 0.25) is 0 Å². The fourth-order valence-corrected chi connectivity index (χ4v) is 4.31. The van der Waals surface area contributed by atoms with Crippen molar-refractivity contribution in [1.82, 2.24) is 0 Å². The highest BCUT2D eigenvalue weighted by molar-refractivity contribution is 7.81. The molecule has 0 saturated carbocycles. The maximum Gasteiger partial charge on any atom is 0.335 e. The Balaban J connectivity index is 1.67. The van der Waals surface area contributed by atoms with E-state index in [1.165, 1.54) is 22.3 Å². The summed E-state index contributed by atoms with van der Waals surface area (Å²) in [5.74, 6) is -0.949. The number of carboxylic acid groups (broad SMARTS) is 1. The van der Waals surface area contributed by atoms with Gasteiger partial charge in [-0.2, -0.15) is 0 Å². The van der Waals surface area contributed by atoms with E-state index in [4.69, 9.17) is 23.1 Å². The quantitative estimate of drug-likeness (QED) is 0.439. The first kappa shape index (κ1) is 21.9. The summed E-state index contributed by atoms with van der Waals surface area (Å²) in [4.78, 5) is 11.7. The highest BCUT2D eigenvalue weighted by Gasteiger charge is 2.29. The number of hydrogen-bond acceptors (Lipinski definition) is 3. The Kier molecular flexibility index (Phi) is 5.96. The largest absolute Gasteiger partial charge is 0.478 e. The van der Waals surface area contributed by atoms with Gasteiger partial charge in [-0.3, -0.25) is 0 Å². The lowest BCUT2D eigenvalue weighted by Crippen LogP contribution is -2.23. The minimum atomic E-state index is -0.949. The second-order valence-electron chi connectivity index (χ2n) is 8.70. The van der Waals surface area contributed by atoms with Gasteiger partial charge in [0.1, 0.15) is 4.99 Å². The summed E-state index contributed by atoms with van der Waals surface area (Å²) in [5, 5.41) is 12.3. The molecule has 0 unspecified atom stereocenters. The summed E-state index contributed by atoms with van der Waals surface area (Å²) >= 11 is 5.68. The monoisotopic (exact) mass is 442 g/mol. The number of benzene rings is 3. The van der Waals surface area contributed by atoms with Crippen LogP contribution < -0.4 is 11.1 Å². The molecular weight excluding hydrogens is 416 g/mol. The fourth-order valence-electron chi connectivity index (χ4n) is 4.07. The van der Waals surface area contributed by atoms with E-state index in [-0.39, 0.29) is 11.0 Å². The van der Waals surface area contributed by atoms with Crippen molar-refractivity contribution in [2.45, 2.75) is 32.2 Å². The zero-order chi connectivity index (χ0) is 22.9. The van der Waals surface area contributed by atoms with Gasteiger partial charge in [-0.25, -0.2) is 4.79 Å². The van der Waals surface area contributed by atoms with Gasteiger partial charge in [0.25, 0.3) is 0 Å². The molecule has 1 aliphatic carbocycles. The van der Waals surface area contributed by atoms with Gasteiger partial charge in [-0.1, -0.05) is 68.5 Å². The number of hydrogen-bond donors (Lipinski definition) is 3. The number of nitrogens with one attached hydrogen (secondary N) is 1. The molecule has 4 rings (SSSR count). The Morgan fingerprint density at radius 1 is 1.03 bits per heavy atom. The molecule has 0 amide bonds. The van der Waals surface area contributed by atoms with Crippen molar-refractivity contribution in [3.63, 3.8) is 0 Å². The van der Waals surface area contributed by atoms with Crippen molar-refractivity contribution >= 4 is 34.4 Å². The van der Waals surface area contributed by atoms with E-state index in [2.05, 4.69) is 67.7 Å². The molecule has 0 heterocycles. The minimum Gasteiger partial charge on any atom is -0.478 e. The lowest BCUT2D eigenvalue weighted by Gasteiger charge is -2.33. The van der Waals surface area contributed by atoms with Gasteiger partial charge in [-0.15, -0.1) is 0 Å². The van der Waals surface area contributed by atoms with Crippen LogP contribution in [0.1, 0.15) is 58.4 Å².